The van der Waals surface area contributed by atoms with Gasteiger partial charge in [0.2, 0.25) is 0 Å². The molecule has 3 nitrogen and oxygen atoms in total. The highest BCUT2D eigenvalue weighted by atomic mass is 32.2. The third-order valence-corrected chi connectivity index (χ3v) is 4.55. The number of fused-ring (bicyclic) bond motifs is 1. The van der Waals surface area contributed by atoms with Crippen molar-refractivity contribution in [3.05, 3.63) is 42.1 Å². The molecule has 1 unspecified atom stereocenters. The molecule has 1 atom stereocenters. The van der Waals surface area contributed by atoms with Crippen molar-refractivity contribution in [3.63, 3.8) is 0 Å². The highest BCUT2D eigenvalue weighted by molar-refractivity contribution is 7.91. The summed E-state index contributed by atoms with van der Waals surface area (Å²) in [6, 6.07) is 9.74. The molecule has 17 heavy (non-hydrogen) atoms. The van der Waals surface area contributed by atoms with E-state index in [1.807, 2.05) is 30.3 Å². The van der Waals surface area contributed by atoms with Crippen LogP contribution in [-0.2, 0) is 16.3 Å². The summed E-state index contributed by atoms with van der Waals surface area (Å²) < 4.78 is 22.8. The van der Waals surface area contributed by atoms with Crippen LogP contribution in [-0.4, -0.2) is 24.9 Å². The van der Waals surface area contributed by atoms with Crippen molar-refractivity contribution < 1.29 is 8.42 Å². The first-order valence-corrected chi connectivity index (χ1v) is 7.45. The second kappa shape index (κ2) is 4.45. The van der Waals surface area contributed by atoms with Crippen LogP contribution in [0.15, 0.2) is 36.5 Å². The summed E-state index contributed by atoms with van der Waals surface area (Å²) in [7, 11) is -2.97. The Morgan fingerprint density at radius 1 is 1.29 bits per heavy atom. The van der Waals surface area contributed by atoms with E-state index >= 15 is 0 Å². The highest BCUT2D eigenvalue weighted by Crippen LogP contribution is 2.16. The molecule has 0 saturated heterocycles. The molecule has 90 valence electrons. The Bertz CT molecular complexity index is 635. The molecule has 1 aromatic carbocycles. The molecule has 0 aliphatic carbocycles. The second-order valence-corrected chi connectivity index (χ2v) is 6.84. The summed E-state index contributed by atoms with van der Waals surface area (Å²) >= 11 is 0. The first kappa shape index (κ1) is 12.0. The number of rotatable bonds is 3. The van der Waals surface area contributed by atoms with Gasteiger partial charge in [-0.15, -0.1) is 0 Å². The third-order valence-electron chi connectivity index (χ3n) is 2.92. The van der Waals surface area contributed by atoms with Gasteiger partial charge in [0.05, 0.1) is 10.8 Å². The van der Waals surface area contributed by atoms with Gasteiger partial charge in [-0.25, -0.2) is 8.42 Å². The lowest BCUT2D eigenvalue weighted by Crippen LogP contribution is -2.18. The van der Waals surface area contributed by atoms with E-state index in [1.165, 1.54) is 6.26 Å². The maximum absolute atomic E-state index is 11.4. The van der Waals surface area contributed by atoms with Gasteiger partial charge < -0.3 is 0 Å². The maximum atomic E-state index is 11.4. The van der Waals surface area contributed by atoms with Crippen molar-refractivity contribution in [1.82, 2.24) is 4.98 Å². The minimum Gasteiger partial charge on any atom is -0.256 e. The van der Waals surface area contributed by atoms with Gasteiger partial charge in [0.15, 0.2) is 0 Å². The first-order chi connectivity index (χ1) is 7.97. The number of sulfone groups is 1. The molecular formula is C13H15NO2S. The normalized spacial score (nSPS) is 13.8. The molecule has 0 N–H and O–H groups in total. The zero-order valence-corrected chi connectivity index (χ0v) is 10.7. The Labute approximate surface area is 101 Å². The Hall–Kier alpha value is -1.42. The number of benzene rings is 1. The zero-order chi connectivity index (χ0) is 12.5. The third kappa shape index (κ3) is 2.82. The van der Waals surface area contributed by atoms with Gasteiger partial charge in [0.1, 0.15) is 9.84 Å². The van der Waals surface area contributed by atoms with Crippen LogP contribution < -0.4 is 0 Å². The van der Waals surface area contributed by atoms with Crippen molar-refractivity contribution in [1.29, 1.82) is 0 Å². The average molecular weight is 249 g/mol. The molecule has 0 aliphatic heterocycles. The first-order valence-electron chi connectivity index (χ1n) is 5.49. The van der Waals surface area contributed by atoms with Gasteiger partial charge >= 0.3 is 0 Å². The predicted octanol–water partition coefficient (Wildman–Crippen LogP) is 2.21. The average Bonchev–Trinajstić information content (AvgIpc) is 2.27. The van der Waals surface area contributed by atoms with Crippen LogP contribution in [0, 0.1) is 0 Å². The summed E-state index contributed by atoms with van der Waals surface area (Å²) in [5.41, 5.74) is 1.96. The van der Waals surface area contributed by atoms with Crippen LogP contribution in [0.3, 0.4) is 0 Å². The molecular weight excluding hydrogens is 234 g/mol. The summed E-state index contributed by atoms with van der Waals surface area (Å²) in [5, 5.41) is 0.697. The smallest absolute Gasteiger partial charge is 0.150 e. The van der Waals surface area contributed by atoms with Crippen LogP contribution in [0.2, 0.25) is 0 Å². The Morgan fingerprint density at radius 3 is 2.76 bits per heavy atom. The minimum absolute atomic E-state index is 0.350. The molecule has 1 aromatic heterocycles. The highest BCUT2D eigenvalue weighted by Gasteiger charge is 2.15. The largest absolute Gasteiger partial charge is 0.256 e. The van der Waals surface area contributed by atoms with Gasteiger partial charge in [0.25, 0.3) is 0 Å². The van der Waals surface area contributed by atoms with Crippen molar-refractivity contribution in [3.8, 4) is 0 Å². The Morgan fingerprint density at radius 2 is 2.06 bits per heavy atom. The lowest BCUT2D eigenvalue weighted by molar-refractivity contribution is 0.588. The van der Waals surface area contributed by atoms with Crippen LogP contribution >= 0.6 is 0 Å². The van der Waals surface area contributed by atoms with Crippen molar-refractivity contribution in [2.45, 2.75) is 18.6 Å². The quantitative estimate of drug-likeness (QED) is 0.838. The topological polar surface area (TPSA) is 47.0 Å². The molecule has 0 aliphatic rings. The lowest BCUT2D eigenvalue weighted by atomic mass is 10.1. The van der Waals surface area contributed by atoms with E-state index in [2.05, 4.69) is 4.98 Å². The van der Waals surface area contributed by atoms with E-state index < -0.39 is 9.84 Å². The lowest BCUT2D eigenvalue weighted by Gasteiger charge is -2.09. The van der Waals surface area contributed by atoms with Crippen LogP contribution in [0.25, 0.3) is 10.9 Å². The second-order valence-electron chi connectivity index (χ2n) is 4.37. The number of hydrogen-bond donors (Lipinski definition) is 0. The molecule has 1 heterocycles. The molecule has 2 aromatic rings. The molecule has 0 bridgehead atoms. The van der Waals surface area contributed by atoms with Crippen LogP contribution in [0.5, 0.6) is 0 Å². The fourth-order valence-corrected chi connectivity index (χ4v) is 2.23. The summed E-state index contributed by atoms with van der Waals surface area (Å²) in [4.78, 5) is 4.23. The van der Waals surface area contributed by atoms with E-state index in [0.717, 1.165) is 16.5 Å². The van der Waals surface area contributed by atoms with Gasteiger partial charge in [-0.1, -0.05) is 12.1 Å². The van der Waals surface area contributed by atoms with E-state index in [1.54, 1.807) is 13.1 Å². The molecule has 0 amide bonds. The fraction of sp³-hybridized carbons (Fsp3) is 0.308. The molecule has 0 saturated carbocycles. The van der Waals surface area contributed by atoms with Crippen molar-refractivity contribution in [2.24, 2.45) is 0 Å². The SMILES string of the molecule is CC(Cc1ccc2ncccc2c1)S(C)(=O)=O. The van der Waals surface area contributed by atoms with Crippen molar-refractivity contribution >= 4 is 20.7 Å². The van der Waals surface area contributed by atoms with Crippen LogP contribution in [0.4, 0.5) is 0 Å². The van der Waals surface area contributed by atoms with Crippen LogP contribution in [0.1, 0.15) is 12.5 Å². The fourth-order valence-electron chi connectivity index (χ4n) is 1.74. The molecule has 0 spiro atoms. The predicted molar refractivity (Wildman–Crippen MR) is 69.8 cm³/mol. The zero-order valence-electron chi connectivity index (χ0n) is 9.92. The maximum Gasteiger partial charge on any atom is 0.150 e. The standard InChI is InChI=1S/C13H15NO2S/c1-10(17(2,15)16)8-11-5-6-13-12(9-11)4-3-7-14-13/h3-7,9-10H,8H2,1-2H3. The van der Waals surface area contributed by atoms with E-state index in [9.17, 15) is 8.42 Å². The summed E-state index contributed by atoms with van der Waals surface area (Å²) in [6.45, 7) is 1.74. The Kier molecular flexibility index (Phi) is 3.15. The molecule has 4 heteroatoms. The number of nitrogens with zero attached hydrogens (tertiary/aromatic N) is 1. The monoisotopic (exact) mass is 249 g/mol. The minimum atomic E-state index is -2.97. The van der Waals surface area contributed by atoms with Crippen molar-refractivity contribution in [2.75, 3.05) is 6.26 Å². The number of hydrogen-bond acceptors (Lipinski definition) is 3. The van der Waals surface area contributed by atoms with E-state index in [-0.39, 0.29) is 5.25 Å². The molecule has 0 radical (unpaired) electrons. The molecule has 2 rings (SSSR count). The van der Waals surface area contributed by atoms with Gasteiger partial charge in [0, 0.05) is 17.8 Å². The van der Waals surface area contributed by atoms with Gasteiger partial charge in [-0.2, -0.15) is 0 Å². The molecule has 0 fully saturated rings. The number of pyridine rings is 1. The Balaban J connectivity index is 2.31. The number of aromatic nitrogens is 1. The van der Waals surface area contributed by atoms with Gasteiger partial charge in [-0.05, 0) is 37.1 Å². The summed E-state index contributed by atoms with van der Waals surface area (Å²) in [6.07, 6.45) is 3.57. The van der Waals surface area contributed by atoms with E-state index in [4.69, 9.17) is 0 Å². The van der Waals surface area contributed by atoms with Gasteiger partial charge in [-0.3, -0.25) is 4.98 Å². The van der Waals surface area contributed by atoms with E-state index in [0.29, 0.717) is 6.42 Å². The summed E-state index contributed by atoms with van der Waals surface area (Å²) in [5.74, 6) is 0.